The highest BCUT2D eigenvalue weighted by Crippen LogP contribution is 2.20. The summed E-state index contributed by atoms with van der Waals surface area (Å²) in [4.78, 5) is 14.2. The van der Waals surface area contributed by atoms with Crippen LogP contribution in [0.25, 0.3) is 0 Å². The van der Waals surface area contributed by atoms with Gasteiger partial charge in [-0.1, -0.05) is 29.8 Å². The molecule has 0 N–H and O–H groups in total. The smallest absolute Gasteiger partial charge is 0.243 e. The van der Waals surface area contributed by atoms with Gasteiger partial charge in [0.05, 0.1) is 17.9 Å². The van der Waals surface area contributed by atoms with Crippen LogP contribution in [0.2, 0.25) is 5.02 Å². The fourth-order valence-corrected chi connectivity index (χ4v) is 4.41. The number of hydrogen-bond acceptors (Lipinski definition) is 4. The number of hydrogen-bond donors (Lipinski definition) is 0. The summed E-state index contributed by atoms with van der Waals surface area (Å²) in [7, 11) is -3.57. The van der Waals surface area contributed by atoms with Gasteiger partial charge < -0.3 is 9.64 Å². The van der Waals surface area contributed by atoms with Crippen molar-refractivity contribution in [1.29, 1.82) is 0 Å². The van der Waals surface area contributed by atoms with Gasteiger partial charge in [-0.05, 0) is 36.4 Å². The minimum absolute atomic E-state index is 0.0329. The van der Waals surface area contributed by atoms with Crippen LogP contribution in [-0.2, 0) is 14.8 Å². The summed E-state index contributed by atoms with van der Waals surface area (Å²) in [5.41, 5.74) is 0. The number of ether oxygens (including phenoxy) is 1. The molecule has 1 fully saturated rings. The summed E-state index contributed by atoms with van der Waals surface area (Å²) in [6.07, 6.45) is 0.263. The Balaban J connectivity index is 1.49. The first-order valence-corrected chi connectivity index (χ1v) is 10.5. The van der Waals surface area contributed by atoms with E-state index in [4.69, 9.17) is 16.3 Å². The number of amides is 1. The molecule has 0 unspecified atom stereocenters. The maximum atomic E-state index is 12.7. The summed E-state index contributed by atoms with van der Waals surface area (Å²) in [6, 6.07) is 15.4. The van der Waals surface area contributed by atoms with Crippen LogP contribution >= 0.6 is 11.6 Å². The summed E-state index contributed by atoms with van der Waals surface area (Å²) in [5.74, 6) is 0.693. The van der Waals surface area contributed by atoms with E-state index in [1.807, 2.05) is 30.3 Å². The fraction of sp³-hybridized carbons (Fsp3) is 0.316. The van der Waals surface area contributed by atoms with Gasteiger partial charge in [-0.15, -0.1) is 0 Å². The van der Waals surface area contributed by atoms with Gasteiger partial charge in [-0.25, -0.2) is 8.42 Å². The largest absolute Gasteiger partial charge is 0.493 e. The van der Waals surface area contributed by atoms with Gasteiger partial charge >= 0.3 is 0 Å². The summed E-state index contributed by atoms with van der Waals surface area (Å²) in [6.45, 7) is 1.59. The molecule has 1 aliphatic heterocycles. The monoisotopic (exact) mass is 408 g/mol. The molecular formula is C19H21ClN2O4S. The second-order valence-electron chi connectivity index (χ2n) is 6.15. The van der Waals surface area contributed by atoms with Crippen molar-refractivity contribution in [2.24, 2.45) is 0 Å². The lowest BCUT2D eigenvalue weighted by Crippen LogP contribution is -2.50. The van der Waals surface area contributed by atoms with E-state index in [9.17, 15) is 13.2 Å². The molecule has 6 nitrogen and oxygen atoms in total. The van der Waals surface area contributed by atoms with E-state index < -0.39 is 10.0 Å². The molecule has 2 aromatic carbocycles. The minimum atomic E-state index is -3.57. The molecule has 1 heterocycles. The molecule has 2 aromatic rings. The maximum absolute atomic E-state index is 12.7. The number of carbonyl (C=O) groups excluding carboxylic acids is 1. The summed E-state index contributed by atoms with van der Waals surface area (Å²) >= 11 is 5.82. The highest BCUT2D eigenvalue weighted by atomic mass is 35.5. The van der Waals surface area contributed by atoms with E-state index in [1.165, 1.54) is 16.4 Å². The van der Waals surface area contributed by atoms with Crippen molar-refractivity contribution >= 4 is 27.5 Å². The first kappa shape index (κ1) is 19.7. The Morgan fingerprint density at radius 3 is 2.22 bits per heavy atom. The second kappa shape index (κ2) is 8.73. The van der Waals surface area contributed by atoms with Crippen molar-refractivity contribution in [1.82, 2.24) is 9.21 Å². The Hall–Kier alpha value is -2.09. The quantitative estimate of drug-likeness (QED) is 0.737. The van der Waals surface area contributed by atoms with Crippen LogP contribution < -0.4 is 4.74 Å². The van der Waals surface area contributed by atoms with Crippen LogP contribution in [-0.4, -0.2) is 56.3 Å². The van der Waals surface area contributed by atoms with Crippen molar-refractivity contribution < 1.29 is 17.9 Å². The number of sulfonamides is 1. The Morgan fingerprint density at radius 2 is 1.59 bits per heavy atom. The Labute approximate surface area is 164 Å². The van der Waals surface area contributed by atoms with E-state index >= 15 is 0 Å². The Bertz CT molecular complexity index is 864. The number of nitrogens with zero attached hydrogens (tertiary/aromatic N) is 2. The van der Waals surface area contributed by atoms with Crippen LogP contribution in [0.1, 0.15) is 6.42 Å². The lowest BCUT2D eigenvalue weighted by atomic mass is 10.3. The number of rotatable bonds is 6. The topological polar surface area (TPSA) is 66.9 Å². The first-order valence-electron chi connectivity index (χ1n) is 8.68. The number of piperazine rings is 1. The molecule has 0 atom stereocenters. The van der Waals surface area contributed by atoms with Crippen LogP contribution in [0.3, 0.4) is 0 Å². The average Bonchev–Trinajstić information content (AvgIpc) is 2.69. The molecule has 0 saturated carbocycles. The van der Waals surface area contributed by atoms with Crippen molar-refractivity contribution in [2.75, 3.05) is 32.8 Å². The third-order valence-corrected chi connectivity index (χ3v) is 6.54. The molecule has 1 saturated heterocycles. The van der Waals surface area contributed by atoms with E-state index in [2.05, 4.69) is 0 Å². The molecule has 1 amide bonds. The molecule has 8 heteroatoms. The minimum Gasteiger partial charge on any atom is -0.493 e. The number of halogens is 1. The van der Waals surface area contributed by atoms with Gasteiger partial charge in [0, 0.05) is 31.2 Å². The molecular weight excluding hydrogens is 388 g/mol. The molecule has 27 heavy (non-hydrogen) atoms. The normalized spacial score (nSPS) is 15.5. The van der Waals surface area contributed by atoms with Crippen molar-refractivity contribution in [3.8, 4) is 5.75 Å². The van der Waals surface area contributed by atoms with Gasteiger partial charge in [-0.3, -0.25) is 4.79 Å². The maximum Gasteiger partial charge on any atom is 0.243 e. The van der Waals surface area contributed by atoms with Crippen LogP contribution in [0, 0.1) is 0 Å². The zero-order valence-corrected chi connectivity index (χ0v) is 16.3. The zero-order valence-electron chi connectivity index (χ0n) is 14.8. The molecule has 0 aromatic heterocycles. The van der Waals surface area contributed by atoms with Crippen molar-refractivity contribution in [2.45, 2.75) is 11.3 Å². The van der Waals surface area contributed by atoms with Crippen LogP contribution in [0.4, 0.5) is 0 Å². The third kappa shape index (κ3) is 5.00. The number of para-hydroxylation sites is 1. The van der Waals surface area contributed by atoms with Gasteiger partial charge in [0.1, 0.15) is 5.75 Å². The second-order valence-corrected chi connectivity index (χ2v) is 8.52. The van der Waals surface area contributed by atoms with E-state index in [0.717, 1.165) is 5.75 Å². The van der Waals surface area contributed by atoms with Crippen molar-refractivity contribution in [3.05, 3.63) is 59.6 Å². The third-order valence-electron chi connectivity index (χ3n) is 4.37. The lowest BCUT2D eigenvalue weighted by Gasteiger charge is -2.34. The first-order chi connectivity index (χ1) is 13.0. The Kier molecular flexibility index (Phi) is 6.36. The van der Waals surface area contributed by atoms with E-state index in [0.29, 0.717) is 24.7 Å². The summed E-state index contributed by atoms with van der Waals surface area (Å²) in [5, 5.41) is 0.488. The predicted molar refractivity (Wildman–Crippen MR) is 103 cm³/mol. The molecule has 1 aliphatic rings. The lowest BCUT2D eigenvalue weighted by molar-refractivity contribution is -0.132. The van der Waals surface area contributed by atoms with Crippen molar-refractivity contribution in [3.63, 3.8) is 0 Å². The van der Waals surface area contributed by atoms with Crippen LogP contribution in [0.15, 0.2) is 59.5 Å². The SMILES string of the molecule is O=C(CCOc1ccccc1)N1CCN(S(=O)(=O)c2ccc(Cl)cc2)CC1. The van der Waals surface area contributed by atoms with E-state index in [1.54, 1.807) is 17.0 Å². The standard InChI is InChI=1S/C19H21ClN2O4S/c20-16-6-8-18(9-7-16)27(24,25)22-13-11-21(12-14-22)19(23)10-15-26-17-4-2-1-3-5-17/h1-9H,10-15H2. The Morgan fingerprint density at radius 1 is 0.963 bits per heavy atom. The highest BCUT2D eigenvalue weighted by Gasteiger charge is 2.29. The zero-order chi connectivity index (χ0) is 19.3. The van der Waals surface area contributed by atoms with Gasteiger partial charge in [0.2, 0.25) is 15.9 Å². The van der Waals surface area contributed by atoms with Gasteiger partial charge in [0.15, 0.2) is 0 Å². The molecule has 3 rings (SSSR count). The molecule has 144 valence electrons. The molecule has 0 bridgehead atoms. The number of benzene rings is 2. The fourth-order valence-electron chi connectivity index (χ4n) is 2.86. The summed E-state index contributed by atoms with van der Waals surface area (Å²) < 4.78 is 32.3. The highest BCUT2D eigenvalue weighted by molar-refractivity contribution is 7.89. The van der Waals surface area contributed by atoms with Crippen LogP contribution in [0.5, 0.6) is 5.75 Å². The predicted octanol–water partition coefficient (Wildman–Crippen LogP) is 2.64. The van der Waals surface area contributed by atoms with Gasteiger partial charge in [0.25, 0.3) is 0 Å². The number of carbonyl (C=O) groups is 1. The average molecular weight is 409 g/mol. The van der Waals surface area contributed by atoms with Gasteiger partial charge in [-0.2, -0.15) is 4.31 Å². The molecule has 0 radical (unpaired) electrons. The molecule has 0 spiro atoms. The van der Waals surface area contributed by atoms with E-state index in [-0.39, 0.29) is 30.3 Å². The molecule has 0 aliphatic carbocycles.